The number of aromatic nitrogens is 5. The zero-order chi connectivity index (χ0) is 10.1. The van der Waals surface area contributed by atoms with Crippen LogP contribution < -0.4 is 0 Å². The highest BCUT2D eigenvalue weighted by Crippen LogP contribution is 2.14. The Kier molecular flexibility index (Phi) is 2.20. The molecule has 72 valence electrons. The van der Waals surface area contributed by atoms with E-state index in [1.165, 1.54) is 0 Å². The van der Waals surface area contributed by atoms with Gasteiger partial charge in [0.15, 0.2) is 11.0 Å². The van der Waals surface area contributed by atoms with Gasteiger partial charge in [-0.05, 0) is 6.92 Å². The van der Waals surface area contributed by atoms with Gasteiger partial charge in [0, 0.05) is 13.2 Å². The third-order valence-electron chi connectivity index (χ3n) is 1.86. The second-order valence-corrected chi connectivity index (χ2v) is 3.33. The number of rotatable bonds is 1. The smallest absolute Gasteiger partial charge is 0.188 e. The fourth-order valence-electron chi connectivity index (χ4n) is 1.05. The Morgan fingerprint density at radius 2 is 2.00 bits per heavy atom. The van der Waals surface area contributed by atoms with E-state index in [1.54, 1.807) is 17.0 Å². The number of thiol groups is 1. The summed E-state index contributed by atoms with van der Waals surface area (Å²) >= 11 is 4.13. The molecule has 2 aromatic rings. The predicted octanol–water partition coefficient (Wildman–Crippen LogP) is 0.869. The van der Waals surface area contributed by atoms with Gasteiger partial charge >= 0.3 is 0 Å². The molecule has 0 saturated carbocycles. The molecular weight excluding hydrogens is 198 g/mol. The Labute approximate surface area is 86.6 Å². The lowest BCUT2D eigenvalue weighted by atomic mass is 10.4. The molecule has 6 heteroatoms. The minimum absolute atomic E-state index is 0.558. The third kappa shape index (κ3) is 1.48. The average molecular weight is 207 g/mol. The molecule has 14 heavy (non-hydrogen) atoms. The molecule has 0 aliphatic carbocycles. The van der Waals surface area contributed by atoms with Crippen LogP contribution in [0.15, 0.2) is 17.6 Å². The Hall–Kier alpha value is -1.43. The van der Waals surface area contributed by atoms with Gasteiger partial charge in [-0.15, -0.1) is 22.8 Å². The quantitative estimate of drug-likeness (QED) is 0.705. The fraction of sp³-hybridized carbons (Fsp3) is 0.250. The van der Waals surface area contributed by atoms with E-state index in [0.717, 1.165) is 5.69 Å². The molecule has 0 unspecified atom stereocenters. The van der Waals surface area contributed by atoms with Crippen molar-refractivity contribution in [2.45, 2.75) is 12.1 Å². The molecule has 2 heterocycles. The Bertz CT molecular complexity index is 447. The first kappa shape index (κ1) is 9.14. The first-order chi connectivity index (χ1) is 6.68. The summed E-state index contributed by atoms with van der Waals surface area (Å²) in [5.74, 6) is 0.669. The Balaban J connectivity index is 2.49. The second kappa shape index (κ2) is 3.38. The van der Waals surface area contributed by atoms with Crippen LogP contribution in [0.2, 0.25) is 0 Å². The molecule has 0 N–H and O–H groups in total. The molecule has 0 bridgehead atoms. The van der Waals surface area contributed by atoms with Crippen molar-refractivity contribution in [2.75, 3.05) is 0 Å². The van der Waals surface area contributed by atoms with Crippen LogP contribution in [-0.4, -0.2) is 24.7 Å². The van der Waals surface area contributed by atoms with Crippen LogP contribution in [0.4, 0.5) is 0 Å². The van der Waals surface area contributed by atoms with E-state index in [-0.39, 0.29) is 0 Å². The van der Waals surface area contributed by atoms with Crippen molar-refractivity contribution in [2.24, 2.45) is 7.05 Å². The summed E-state index contributed by atoms with van der Waals surface area (Å²) in [5.41, 5.74) is 1.58. The van der Waals surface area contributed by atoms with Crippen molar-refractivity contribution >= 4 is 12.6 Å². The van der Waals surface area contributed by atoms with E-state index in [0.29, 0.717) is 16.7 Å². The highest BCUT2D eigenvalue weighted by molar-refractivity contribution is 7.80. The first-order valence-electron chi connectivity index (χ1n) is 4.06. The summed E-state index contributed by atoms with van der Waals surface area (Å²) in [6, 6.07) is 0. The normalized spacial score (nSPS) is 10.5. The van der Waals surface area contributed by atoms with Crippen LogP contribution >= 0.6 is 12.6 Å². The standard InChI is InChI=1S/C8H9N5S/c1-5-3-10-6(4-9-5)7-11-12-8(14)13(7)2/h3-4H,1-2H3,(H,12,14). The molecule has 0 amide bonds. The number of nitrogens with zero attached hydrogens (tertiary/aromatic N) is 5. The van der Waals surface area contributed by atoms with Crippen LogP contribution in [0.5, 0.6) is 0 Å². The number of hydrogen-bond acceptors (Lipinski definition) is 5. The van der Waals surface area contributed by atoms with Gasteiger partial charge in [0.1, 0.15) is 5.69 Å². The van der Waals surface area contributed by atoms with Gasteiger partial charge in [0.05, 0.1) is 11.9 Å². The summed E-state index contributed by atoms with van der Waals surface area (Å²) in [6.45, 7) is 1.89. The zero-order valence-electron chi connectivity index (χ0n) is 7.84. The number of hydrogen-bond donors (Lipinski definition) is 1. The molecule has 0 radical (unpaired) electrons. The second-order valence-electron chi connectivity index (χ2n) is 2.93. The van der Waals surface area contributed by atoms with Gasteiger partial charge in [-0.1, -0.05) is 0 Å². The topological polar surface area (TPSA) is 56.5 Å². The van der Waals surface area contributed by atoms with Crippen LogP contribution in [0.1, 0.15) is 5.69 Å². The lowest BCUT2D eigenvalue weighted by molar-refractivity contribution is 0.795. The lowest BCUT2D eigenvalue weighted by Crippen LogP contribution is -1.96. The van der Waals surface area contributed by atoms with Crippen LogP contribution in [0.3, 0.4) is 0 Å². The number of aryl methyl sites for hydroxylation is 1. The molecular formula is C8H9N5S. The highest BCUT2D eigenvalue weighted by atomic mass is 32.1. The lowest BCUT2D eigenvalue weighted by Gasteiger charge is -1.99. The molecule has 0 aromatic carbocycles. The molecule has 2 aromatic heterocycles. The molecule has 0 saturated heterocycles. The van der Waals surface area contributed by atoms with E-state index in [2.05, 4.69) is 32.8 Å². The van der Waals surface area contributed by atoms with Crippen molar-refractivity contribution in [1.82, 2.24) is 24.7 Å². The SMILES string of the molecule is Cc1cnc(-c2nnc(S)n2C)cn1. The van der Waals surface area contributed by atoms with Crippen LogP contribution in [0, 0.1) is 6.92 Å². The first-order valence-corrected chi connectivity index (χ1v) is 4.50. The largest absolute Gasteiger partial charge is 0.304 e. The third-order valence-corrected chi connectivity index (χ3v) is 2.25. The van der Waals surface area contributed by atoms with Gasteiger partial charge in [-0.3, -0.25) is 4.98 Å². The molecule has 2 rings (SSSR count). The molecule has 0 aliphatic rings. The van der Waals surface area contributed by atoms with E-state index in [9.17, 15) is 0 Å². The summed E-state index contributed by atoms with van der Waals surface area (Å²) in [4.78, 5) is 8.34. The van der Waals surface area contributed by atoms with Gasteiger partial charge < -0.3 is 4.57 Å². The molecule has 0 atom stereocenters. The van der Waals surface area contributed by atoms with Crippen molar-refractivity contribution < 1.29 is 0 Å². The average Bonchev–Trinajstić information content (AvgIpc) is 2.50. The fourth-order valence-corrected chi connectivity index (χ4v) is 1.19. The Morgan fingerprint density at radius 3 is 2.50 bits per heavy atom. The summed E-state index contributed by atoms with van der Waals surface area (Å²) in [6.07, 6.45) is 3.37. The maximum atomic E-state index is 4.20. The van der Waals surface area contributed by atoms with E-state index < -0.39 is 0 Å². The van der Waals surface area contributed by atoms with Gasteiger partial charge in [0.2, 0.25) is 0 Å². The van der Waals surface area contributed by atoms with E-state index in [1.807, 2.05) is 14.0 Å². The molecule has 0 fully saturated rings. The van der Waals surface area contributed by atoms with Gasteiger partial charge in [-0.25, -0.2) is 4.98 Å². The highest BCUT2D eigenvalue weighted by Gasteiger charge is 2.09. The minimum Gasteiger partial charge on any atom is -0.304 e. The van der Waals surface area contributed by atoms with Crippen LogP contribution in [-0.2, 0) is 7.05 Å². The molecule has 0 aliphatic heterocycles. The van der Waals surface area contributed by atoms with Gasteiger partial charge in [-0.2, -0.15) is 0 Å². The minimum atomic E-state index is 0.558. The van der Waals surface area contributed by atoms with Crippen LogP contribution in [0.25, 0.3) is 11.5 Å². The Morgan fingerprint density at radius 1 is 1.21 bits per heavy atom. The summed E-state index contributed by atoms with van der Waals surface area (Å²) in [7, 11) is 1.83. The van der Waals surface area contributed by atoms with Crippen molar-refractivity contribution in [3.8, 4) is 11.5 Å². The van der Waals surface area contributed by atoms with Crippen molar-refractivity contribution in [3.05, 3.63) is 18.1 Å². The van der Waals surface area contributed by atoms with Crippen molar-refractivity contribution in [1.29, 1.82) is 0 Å². The predicted molar refractivity (Wildman–Crippen MR) is 54.0 cm³/mol. The maximum absolute atomic E-state index is 4.20. The van der Waals surface area contributed by atoms with E-state index >= 15 is 0 Å². The molecule has 5 nitrogen and oxygen atoms in total. The zero-order valence-corrected chi connectivity index (χ0v) is 8.73. The summed E-state index contributed by atoms with van der Waals surface area (Å²) < 4.78 is 1.75. The van der Waals surface area contributed by atoms with Crippen molar-refractivity contribution in [3.63, 3.8) is 0 Å². The maximum Gasteiger partial charge on any atom is 0.188 e. The molecule has 0 spiro atoms. The summed E-state index contributed by atoms with van der Waals surface area (Å²) in [5, 5.41) is 8.33. The van der Waals surface area contributed by atoms with E-state index in [4.69, 9.17) is 0 Å². The van der Waals surface area contributed by atoms with Gasteiger partial charge in [0.25, 0.3) is 0 Å². The monoisotopic (exact) mass is 207 g/mol.